The van der Waals surface area contributed by atoms with Crippen LogP contribution in [0.15, 0.2) is 82.0 Å². The molecule has 28 heavy (non-hydrogen) atoms. The molecule has 0 unspecified atom stereocenters. The number of aromatic nitrogens is 1. The summed E-state index contributed by atoms with van der Waals surface area (Å²) in [5, 5.41) is 0.509. The van der Waals surface area contributed by atoms with Gasteiger partial charge in [0.25, 0.3) is 0 Å². The minimum Gasteiger partial charge on any atom is -0.496 e. The van der Waals surface area contributed by atoms with Crippen molar-refractivity contribution in [2.24, 2.45) is 0 Å². The Morgan fingerprint density at radius 2 is 1.61 bits per heavy atom. The van der Waals surface area contributed by atoms with E-state index in [4.69, 9.17) is 9.15 Å². The van der Waals surface area contributed by atoms with Crippen molar-refractivity contribution in [3.8, 4) is 17.2 Å². The van der Waals surface area contributed by atoms with Gasteiger partial charge < -0.3 is 9.15 Å². The molecule has 1 heterocycles. The van der Waals surface area contributed by atoms with Crippen LogP contribution in [0.2, 0.25) is 0 Å². The summed E-state index contributed by atoms with van der Waals surface area (Å²) in [6.07, 6.45) is 0. The molecule has 140 valence electrons. The summed E-state index contributed by atoms with van der Waals surface area (Å²) in [7, 11) is 1.58. The van der Waals surface area contributed by atoms with E-state index >= 15 is 0 Å². The topological polar surface area (TPSA) is 52.3 Å². The first-order chi connectivity index (χ1) is 13.5. The van der Waals surface area contributed by atoms with Crippen LogP contribution in [0.3, 0.4) is 0 Å². The second kappa shape index (κ2) is 6.97. The van der Waals surface area contributed by atoms with Crippen molar-refractivity contribution in [3.05, 3.63) is 94.3 Å². The Kier molecular flexibility index (Phi) is 4.47. The van der Waals surface area contributed by atoms with Gasteiger partial charge in [0.1, 0.15) is 5.75 Å². The van der Waals surface area contributed by atoms with Crippen LogP contribution in [0.4, 0.5) is 0 Å². The summed E-state index contributed by atoms with van der Waals surface area (Å²) in [5.74, 6) is 0.864. The molecule has 0 bridgehead atoms. The molecular formula is C24H21NO3. The molecular weight excluding hydrogens is 350 g/mol. The fourth-order valence-electron chi connectivity index (χ4n) is 3.59. The Bertz CT molecular complexity index is 1190. The third-order valence-electron chi connectivity index (χ3n) is 5.16. The van der Waals surface area contributed by atoms with E-state index < -0.39 is 5.63 Å². The van der Waals surface area contributed by atoms with Crippen molar-refractivity contribution in [3.63, 3.8) is 0 Å². The molecule has 0 aliphatic carbocycles. The van der Waals surface area contributed by atoms with E-state index in [2.05, 4.69) is 31.0 Å². The Morgan fingerprint density at radius 3 is 2.36 bits per heavy atom. The number of fused-ring (bicyclic) bond motifs is 1. The monoisotopic (exact) mass is 371 g/mol. The molecule has 0 amide bonds. The quantitative estimate of drug-likeness (QED) is 0.495. The van der Waals surface area contributed by atoms with Gasteiger partial charge in [0.2, 0.25) is 5.89 Å². The highest BCUT2D eigenvalue weighted by atomic mass is 16.5. The normalized spacial score (nSPS) is 11.5. The number of ether oxygens (including phenoxy) is 1. The minimum absolute atomic E-state index is 0.254. The molecule has 4 heteroatoms. The molecule has 0 saturated heterocycles. The number of benzene rings is 3. The van der Waals surface area contributed by atoms with E-state index in [1.807, 2.05) is 60.7 Å². The number of para-hydroxylation sites is 1. The third-order valence-corrected chi connectivity index (χ3v) is 5.16. The number of hydrogen-bond acceptors (Lipinski definition) is 4. The van der Waals surface area contributed by atoms with Crippen molar-refractivity contribution in [1.82, 2.24) is 4.98 Å². The smallest absolute Gasteiger partial charge is 0.347 e. The summed E-state index contributed by atoms with van der Waals surface area (Å²) >= 11 is 0. The number of rotatable bonds is 4. The van der Waals surface area contributed by atoms with E-state index in [-0.39, 0.29) is 11.3 Å². The van der Waals surface area contributed by atoms with Gasteiger partial charge in [0.15, 0.2) is 0 Å². The highest BCUT2D eigenvalue weighted by molar-refractivity contribution is 5.84. The Hall–Kier alpha value is -3.40. The van der Waals surface area contributed by atoms with Crippen molar-refractivity contribution >= 4 is 10.9 Å². The van der Waals surface area contributed by atoms with E-state index in [0.29, 0.717) is 22.2 Å². The maximum absolute atomic E-state index is 13.0. The summed E-state index contributed by atoms with van der Waals surface area (Å²) in [6.45, 7) is 4.20. The Morgan fingerprint density at radius 1 is 0.893 bits per heavy atom. The molecule has 0 N–H and O–H groups in total. The van der Waals surface area contributed by atoms with Gasteiger partial charge >= 0.3 is 5.63 Å². The van der Waals surface area contributed by atoms with E-state index in [9.17, 15) is 4.79 Å². The number of nitrogens with zero attached hydrogens (tertiary/aromatic N) is 1. The zero-order valence-corrected chi connectivity index (χ0v) is 16.1. The summed E-state index contributed by atoms with van der Waals surface area (Å²) in [4.78, 5) is 17.7. The van der Waals surface area contributed by atoms with Crippen LogP contribution in [-0.2, 0) is 5.41 Å². The number of hydrogen-bond donors (Lipinski definition) is 0. The van der Waals surface area contributed by atoms with Crippen molar-refractivity contribution in [2.45, 2.75) is 19.3 Å². The molecule has 0 spiro atoms. The van der Waals surface area contributed by atoms with Gasteiger partial charge in [-0.3, -0.25) is 0 Å². The van der Waals surface area contributed by atoms with Crippen LogP contribution in [0, 0.1) is 0 Å². The van der Waals surface area contributed by atoms with Crippen LogP contribution < -0.4 is 10.4 Å². The Labute approximate surface area is 163 Å². The van der Waals surface area contributed by atoms with Crippen LogP contribution in [0.25, 0.3) is 22.4 Å². The fourth-order valence-corrected chi connectivity index (χ4v) is 3.59. The molecule has 4 nitrogen and oxygen atoms in total. The first-order valence-electron chi connectivity index (χ1n) is 9.15. The summed E-state index contributed by atoms with van der Waals surface area (Å²) in [6, 6.07) is 23.2. The van der Waals surface area contributed by atoms with E-state index in [1.165, 1.54) is 0 Å². The lowest BCUT2D eigenvalue weighted by atomic mass is 9.77. The first kappa shape index (κ1) is 18.0. The largest absolute Gasteiger partial charge is 0.496 e. The predicted molar refractivity (Wildman–Crippen MR) is 111 cm³/mol. The molecule has 0 atom stereocenters. The average Bonchev–Trinajstić information content (AvgIpc) is 2.73. The second-order valence-corrected chi connectivity index (χ2v) is 7.20. The van der Waals surface area contributed by atoms with Crippen molar-refractivity contribution < 1.29 is 9.15 Å². The molecule has 0 saturated carbocycles. The molecule has 0 aliphatic rings. The maximum Gasteiger partial charge on any atom is 0.347 e. The maximum atomic E-state index is 13.0. The lowest BCUT2D eigenvalue weighted by Gasteiger charge is -2.27. The minimum atomic E-state index is -0.398. The standard InChI is InChI=1S/C24H21NO3/c1-24(2,16-10-5-4-6-11-16)18-13-9-14-19-21(18)23(26)28-22(25-19)17-12-7-8-15-20(17)27-3/h4-15H,1-3H3. The number of methoxy groups -OCH3 is 1. The molecule has 3 aromatic carbocycles. The van der Waals surface area contributed by atoms with Crippen molar-refractivity contribution in [1.29, 1.82) is 0 Å². The molecule has 1 aromatic heterocycles. The predicted octanol–water partition coefficient (Wildman–Crippen LogP) is 5.19. The van der Waals surface area contributed by atoms with E-state index in [1.54, 1.807) is 7.11 Å². The summed E-state index contributed by atoms with van der Waals surface area (Å²) < 4.78 is 11.0. The van der Waals surface area contributed by atoms with Gasteiger partial charge in [0, 0.05) is 5.41 Å². The second-order valence-electron chi connectivity index (χ2n) is 7.20. The van der Waals surface area contributed by atoms with Gasteiger partial charge in [-0.2, -0.15) is 0 Å². The molecule has 4 aromatic rings. The molecule has 0 aliphatic heterocycles. The van der Waals surface area contributed by atoms with Gasteiger partial charge in [-0.1, -0.05) is 68.4 Å². The molecule has 0 fully saturated rings. The van der Waals surface area contributed by atoms with Crippen LogP contribution in [0.5, 0.6) is 5.75 Å². The van der Waals surface area contributed by atoms with Crippen LogP contribution in [0.1, 0.15) is 25.0 Å². The lowest BCUT2D eigenvalue weighted by Crippen LogP contribution is -2.21. The zero-order valence-electron chi connectivity index (χ0n) is 16.1. The van der Waals surface area contributed by atoms with Gasteiger partial charge in [-0.25, -0.2) is 9.78 Å². The fraction of sp³-hybridized carbons (Fsp3) is 0.167. The summed E-state index contributed by atoms with van der Waals surface area (Å²) in [5.41, 5.74) is 2.50. The SMILES string of the molecule is COc1ccccc1-c1nc2cccc(C(C)(C)c3ccccc3)c2c(=O)o1. The highest BCUT2D eigenvalue weighted by Crippen LogP contribution is 2.35. The molecule has 4 rings (SSSR count). The van der Waals surface area contributed by atoms with Gasteiger partial charge in [-0.05, 0) is 29.3 Å². The van der Waals surface area contributed by atoms with Crippen LogP contribution >= 0.6 is 0 Å². The van der Waals surface area contributed by atoms with Crippen LogP contribution in [-0.4, -0.2) is 12.1 Å². The average molecular weight is 371 g/mol. The lowest BCUT2D eigenvalue weighted by molar-refractivity contribution is 0.413. The van der Waals surface area contributed by atoms with Gasteiger partial charge in [-0.15, -0.1) is 0 Å². The van der Waals surface area contributed by atoms with E-state index in [0.717, 1.165) is 11.1 Å². The molecule has 0 radical (unpaired) electrons. The zero-order chi connectivity index (χ0) is 19.7. The highest BCUT2D eigenvalue weighted by Gasteiger charge is 2.27. The van der Waals surface area contributed by atoms with Gasteiger partial charge in [0.05, 0.1) is 23.6 Å². The van der Waals surface area contributed by atoms with Crippen molar-refractivity contribution in [2.75, 3.05) is 7.11 Å². The Balaban J connectivity index is 1.95. The third kappa shape index (κ3) is 2.97. The first-order valence-corrected chi connectivity index (χ1v) is 9.15.